The molecular weight excluding hydrogens is 339 g/mol. The molecule has 0 unspecified atom stereocenters. The van der Waals surface area contributed by atoms with Crippen molar-refractivity contribution >= 4 is 40.9 Å². The summed E-state index contributed by atoms with van der Waals surface area (Å²) in [4.78, 5) is 37.4. The largest absolute Gasteiger partial charge is 0.341 e. The highest BCUT2D eigenvalue weighted by atomic mass is 35.5. The standard InChI is InChI=1S/C16H14Cl2N2O3/c1-4-13(8(2)3)19-14(21)7-20-15(22)9-5-11(17)12(18)6-10(9)16(20)23/h1,5-6,8,13H,7H2,2-3H3,(H,19,21)/t13-/m0/s1. The Morgan fingerprint density at radius 2 is 1.70 bits per heavy atom. The van der Waals surface area contributed by atoms with Crippen LogP contribution in [0.3, 0.4) is 0 Å². The summed E-state index contributed by atoms with van der Waals surface area (Å²) in [6.45, 7) is 3.31. The number of benzene rings is 1. The Morgan fingerprint density at radius 3 is 2.09 bits per heavy atom. The Labute approximate surface area is 143 Å². The van der Waals surface area contributed by atoms with Crippen molar-refractivity contribution in [3.05, 3.63) is 33.3 Å². The van der Waals surface area contributed by atoms with Gasteiger partial charge < -0.3 is 5.32 Å². The zero-order valence-corrected chi connectivity index (χ0v) is 14.0. The van der Waals surface area contributed by atoms with Gasteiger partial charge in [0, 0.05) is 0 Å². The fraction of sp³-hybridized carbons (Fsp3) is 0.312. The second-order valence-electron chi connectivity index (χ2n) is 5.46. The number of terminal acetylenes is 1. The average molecular weight is 353 g/mol. The van der Waals surface area contributed by atoms with E-state index in [1.807, 2.05) is 13.8 Å². The van der Waals surface area contributed by atoms with Crippen molar-refractivity contribution in [3.8, 4) is 12.3 Å². The molecule has 1 aliphatic rings. The molecule has 1 heterocycles. The van der Waals surface area contributed by atoms with Crippen LogP contribution in [0.2, 0.25) is 10.0 Å². The lowest BCUT2D eigenvalue weighted by molar-refractivity contribution is -0.122. The Kier molecular flexibility index (Phi) is 4.98. The number of hydrogen-bond acceptors (Lipinski definition) is 3. The van der Waals surface area contributed by atoms with E-state index < -0.39 is 30.3 Å². The molecule has 1 N–H and O–H groups in total. The van der Waals surface area contributed by atoms with Gasteiger partial charge in [0.15, 0.2) is 0 Å². The van der Waals surface area contributed by atoms with Crippen LogP contribution in [0.1, 0.15) is 34.6 Å². The molecule has 23 heavy (non-hydrogen) atoms. The van der Waals surface area contributed by atoms with Crippen LogP contribution in [0.15, 0.2) is 12.1 Å². The second-order valence-corrected chi connectivity index (χ2v) is 6.28. The number of nitrogens with zero attached hydrogens (tertiary/aromatic N) is 1. The minimum absolute atomic E-state index is 0.0312. The summed E-state index contributed by atoms with van der Waals surface area (Å²) >= 11 is 11.7. The molecule has 0 saturated heterocycles. The van der Waals surface area contributed by atoms with Crippen molar-refractivity contribution in [2.45, 2.75) is 19.9 Å². The first-order chi connectivity index (χ1) is 10.8. The summed E-state index contributed by atoms with van der Waals surface area (Å²) < 4.78 is 0. The summed E-state index contributed by atoms with van der Waals surface area (Å²) in [5.41, 5.74) is 0.268. The molecule has 7 heteroatoms. The number of nitrogens with one attached hydrogen (secondary N) is 1. The van der Waals surface area contributed by atoms with E-state index in [2.05, 4.69) is 11.2 Å². The molecule has 0 radical (unpaired) electrons. The number of rotatable bonds is 4. The molecule has 1 aromatic rings. The SMILES string of the molecule is C#C[C@H](NC(=O)CN1C(=O)c2cc(Cl)c(Cl)cc2C1=O)C(C)C. The molecule has 0 bridgehead atoms. The van der Waals surface area contributed by atoms with Gasteiger partial charge in [-0.15, -0.1) is 6.42 Å². The van der Waals surface area contributed by atoms with E-state index in [0.29, 0.717) is 0 Å². The van der Waals surface area contributed by atoms with Crippen molar-refractivity contribution < 1.29 is 14.4 Å². The van der Waals surface area contributed by atoms with Crippen molar-refractivity contribution in [1.82, 2.24) is 10.2 Å². The van der Waals surface area contributed by atoms with E-state index in [0.717, 1.165) is 4.90 Å². The maximum absolute atomic E-state index is 12.3. The minimum atomic E-state index is -0.583. The molecule has 1 atom stereocenters. The van der Waals surface area contributed by atoms with Crippen molar-refractivity contribution in [1.29, 1.82) is 0 Å². The fourth-order valence-electron chi connectivity index (χ4n) is 2.19. The van der Waals surface area contributed by atoms with E-state index in [1.165, 1.54) is 12.1 Å². The molecule has 1 aromatic carbocycles. The van der Waals surface area contributed by atoms with Gasteiger partial charge in [0.1, 0.15) is 6.54 Å². The van der Waals surface area contributed by atoms with Gasteiger partial charge in [-0.25, -0.2) is 0 Å². The van der Waals surface area contributed by atoms with E-state index in [9.17, 15) is 14.4 Å². The first kappa shape index (κ1) is 17.3. The molecule has 0 fully saturated rings. The Bertz CT molecular complexity index is 697. The molecule has 0 spiro atoms. The molecule has 0 saturated carbocycles. The zero-order chi connectivity index (χ0) is 17.3. The van der Waals surface area contributed by atoms with Crippen LogP contribution in [-0.2, 0) is 4.79 Å². The molecule has 120 valence electrons. The van der Waals surface area contributed by atoms with Crippen LogP contribution in [0.5, 0.6) is 0 Å². The smallest absolute Gasteiger partial charge is 0.262 e. The monoisotopic (exact) mass is 352 g/mol. The topological polar surface area (TPSA) is 66.5 Å². The summed E-state index contributed by atoms with van der Waals surface area (Å²) in [5.74, 6) is 0.816. The van der Waals surface area contributed by atoms with Crippen LogP contribution in [0.25, 0.3) is 0 Å². The van der Waals surface area contributed by atoms with E-state index in [4.69, 9.17) is 29.6 Å². The summed E-state index contributed by atoms with van der Waals surface area (Å²) in [7, 11) is 0. The van der Waals surface area contributed by atoms with Gasteiger partial charge in [-0.3, -0.25) is 19.3 Å². The number of amides is 3. The van der Waals surface area contributed by atoms with Gasteiger partial charge in [0.2, 0.25) is 5.91 Å². The molecule has 5 nitrogen and oxygen atoms in total. The average Bonchev–Trinajstić information content (AvgIpc) is 2.70. The molecule has 3 amide bonds. The van der Waals surface area contributed by atoms with Gasteiger partial charge in [-0.2, -0.15) is 0 Å². The lowest BCUT2D eigenvalue weighted by Crippen LogP contribution is -2.45. The van der Waals surface area contributed by atoms with Gasteiger partial charge in [0.05, 0.1) is 27.2 Å². The normalized spacial score (nSPS) is 14.7. The van der Waals surface area contributed by atoms with E-state index in [-0.39, 0.29) is 27.1 Å². The lowest BCUT2D eigenvalue weighted by atomic mass is 10.1. The molecule has 0 aromatic heterocycles. The van der Waals surface area contributed by atoms with Crippen molar-refractivity contribution in [2.24, 2.45) is 5.92 Å². The molecule has 1 aliphatic heterocycles. The van der Waals surface area contributed by atoms with Gasteiger partial charge in [-0.05, 0) is 18.1 Å². The number of halogens is 2. The predicted octanol–water partition coefficient (Wildman–Crippen LogP) is 2.36. The predicted molar refractivity (Wildman–Crippen MR) is 87.4 cm³/mol. The Morgan fingerprint density at radius 1 is 1.22 bits per heavy atom. The highest BCUT2D eigenvalue weighted by molar-refractivity contribution is 6.43. The highest BCUT2D eigenvalue weighted by Crippen LogP contribution is 2.31. The van der Waals surface area contributed by atoms with E-state index in [1.54, 1.807) is 0 Å². The Balaban J connectivity index is 2.17. The number of carbonyl (C=O) groups excluding carboxylic acids is 3. The number of hydrogen-bond donors (Lipinski definition) is 1. The maximum atomic E-state index is 12.3. The van der Waals surface area contributed by atoms with Crippen LogP contribution < -0.4 is 5.32 Å². The molecule has 2 rings (SSSR count). The summed E-state index contributed by atoms with van der Waals surface area (Å²) in [6.07, 6.45) is 5.35. The van der Waals surface area contributed by atoms with Crippen molar-refractivity contribution in [2.75, 3.05) is 6.54 Å². The summed E-state index contributed by atoms with van der Waals surface area (Å²) in [6, 6.07) is 2.19. The van der Waals surface area contributed by atoms with Crippen LogP contribution in [-0.4, -0.2) is 35.2 Å². The zero-order valence-electron chi connectivity index (χ0n) is 12.5. The third-order valence-electron chi connectivity index (χ3n) is 3.48. The fourth-order valence-corrected chi connectivity index (χ4v) is 2.52. The van der Waals surface area contributed by atoms with Crippen molar-refractivity contribution in [3.63, 3.8) is 0 Å². The summed E-state index contributed by atoms with van der Waals surface area (Å²) in [5, 5.41) is 2.95. The maximum Gasteiger partial charge on any atom is 0.262 e. The third-order valence-corrected chi connectivity index (χ3v) is 4.20. The van der Waals surface area contributed by atoms with E-state index >= 15 is 0 Å². The first-order valence-electron chi connectivity index (χ1n) is 6.87. The van der Waals surface area contributed by atoms with Gasteiger partial charge >= 0.3 is 0 Å². The van der Waals surface area contributed by atoms with Crippen LogP contribution >= 0.6 is 23.2 Å². The molecule has 0 aliphatic carbocycles. The molecular formula is C16H14Cl2N2O3. The highest BCUT2D eigenvalue weighted by Gasteiger charge is 2.37. The van der Waals surface area contributed by atoms with Gasteiger partial charge in [-0.1, -0.05) is 43.0 Å². The number of imide groups is 1. The van der Waals surface area contributed by atoms with Gasteiger partial charge in [0.25, 0.3) is 11.8 Å². The minimum Gasteiger partial charge on any atom is -0.341 e. The van der Waals surface area contributed by atoms with Crippen LogP contribution in [0, 0.1) is 18.3 Å². The quantitative estimate of drug-likeness (QED) is 0.668. The third kappa shape index (κ3) is 3.34. The lowest BCUT2D eigenvalue weighted by Gasteiger charge is -2.19. The Hall–Kier alpha value is -2.03. The number of fused-ring (bicyclic) bond motifs is 1. The number of carbonyl (C=O) groups is 3. The van der Waals surface area contributed by atoms with Crippen LogP contribution in [0.4, 0.5) is 0 Å². The second kappa shape index (κ2) is 6.61. The first-order valence-corrected chi connectivity index (χ1v) is 7.62.